The van der Waals surface area contributed by atoms with Gasteiger partial charge < -0.3 is 18.7 Å². The van der Waals surface area contributed by atoms with Gasteiger partial charge in [-0.1, -0.05) is 16.9 Å². The van der Waals surface area contributed by atoms with E-state index in [0.717, 1.165) is 30.6 Å². The first-order valence-corrected chi connectivity index (χ1v) is 12.1. The molecule has 0 aliphatic carbocycles. The topological polar surface area (TPSA) is 97.3 Å². The number of hydrogen-bond acceptors (Lipinski definition) is 9. The number of rotatable bonds is 9. The second-order valence-corrected chi connectivity index (χ2v) is 8.87. The Morgan fingerprint density at radius 2 is 1.86 bits per heavy atom. The van der Waals surface area contributed by atoms with Crippen molar-refractivity contribution in [1.82, 2.24) is 24.9 Å². The largest absolute Gasteiger partial charge is 0.493 e. The minimum atomic E-state index is -0.296. The lowest BCUT2D eigenvalue weighted by Crippen LogP contribution is -2.16. The van der Waals surface area contributed by atoms with Crippen LogP contribution in [-0.2, 0) is 17.0 Å². The molecular weight excluding hydrogens is 473 g/mol. The summed E-state index contributed by atoms with van der Waals surface area (Å²) in [5.74, 6) is 2.89. The molecule has 0 N–H and O–H groups in total. The van der Waals surface area contributed by atoms with Gasteiger partial charge in [-0.25, -0.2) is 4.39 Å². The molecule has 3 heterocycles. The lowest BCUT2D eigenvalue weighted by molar-refractivity contribution is 0.0953. The maximum absolute atomic E-state index is 13.4. The van der Waals surface area contributed by atoms with E-state index in [1.807, 2.05) is 10.6 Å². The third-order valence-electron chi connectivity index (χ3n) is 5.66. The van der Waals surface area contributed by atoms with E-state index in [0.29, 0.717) is 46.5 Å². The van der Waals surface area contributed by atoms with Crippen molar-refractivity contribution in [1.29, 1.82) is 0 Å². The molecule has 35 heavy (non-hydrogen) atoms. The van der Waals surface area contributed by atoms with E-state index in [4.69, 9.17) is 18.7 Å². The molecule has 0 radical (unpaired) electrons. The molecule has 2 aromatic carbocycles. The molecule has 0 amide bonds. The molecule has 1 atom stereocenters. The standard InChI is InChI=1S/C24H24FN5O4S/c1-31-19-10-7-16(12-20(19)32-2)22-26-21(34-29-22)14-35-24-28-27-23(15-5-8-17(25)9-6-15)30(24)13-18-4-3-11-33-18/h5-10,12,18H,3-4,11,13-14H2,1-2H3/t18-/m1/s1. The summed E-state index contributed by atoms with van der Waals surface area (Å²) >= 11 is 1.44. The number of hydrogen-bond donors (Lipinski definition) is 0. The Bertz CT molecular complexity index is 1290. The van der Waals surface area contributed by atoms with Crippen LogP contribution >= 0.6 is 11.8 Å². The number of thioether (sulfide) groups is 1. The number of nitrogens with zero attached hydrogens (tertiary/aromatic N) is 5. The number of methoxy groups -OCH3 is 2. The summed E-state index contributed by atoms with van der Waals surface area (Å²) in [6.45, 7) is 1.37. The molecule has 2 aromatic heterocycles. The third kappa shape index (κ3) is 5.15. The zero-order chi connectivity index (χ0) is 24.2. The zero-order valence-electron chi connectivity index (χ0n) is 19.3. The molecule has 1 fully saturated rings. The van der Waals surface area contributed by atoms with Crippen LogP contribution in [0.5, 0.6) is 11.5 Å². The van der Waals surface area contributed by atoms with Crippen LogP contribution in [0.1, 0.15) is 18.7 Å². The molecule has 0 saturated carbocycles. The van der Waals surface area contributed by atoms with Crippen molar-refractivity contribution < 1.29 is 23.1 Å². The van der Waals surface area contributed by atoms with Crippen molar-refractivity contribution in [3.05, 3.63) is 54.2 Å². The predicted octanol–water partition coefficient (Wildman–Crippen LogP) is 4.62. The lowest BCUT2D eigenvalue weighted by Gasteiger charge is -2.14. The minimum Gasteiger partial charge on any atom is -0.493 e. The van der Waals surface area contributed by atoms with E-state index in [-0.39, 0.29) is 11.9 Å². The molecule has 11 heteroatoms. The van der Waals surface area contributed by atoms with Crippen molar-refractivity contribution >= 4 is 11.8 Å². The number of ether oxygens (including phenoxy) is 3. The Morgan fingerprint density at radius 1 is 1.06 bits per heavy atom. The van der Waals surface area contributed by atoms with Gasteiger partial charge in [0.2, 0.25) is 11.7 Å². The van der Waals surface area contributed by atoms with Gasteiger partial charge in [0.25, 0.3) is 0 Å². The van der Waals surface area contributed by atoms with Crippen molar-refractivity contribution in [2.75, 3.05) is 20.8 Å². The third-order valence-corrected chi connectivity index (χ3v) is 6.62. The van der Waals surface area contributed by atoms with Crippen molar-refractivity contribution in [2.45, 2.75) is 36.4 Å². The van der Waals surface area contributed by atoms with E-state index in [1.54, 1.807) is 38.5 Å². The highest BCUT2D eigenvalue weighted by atomic mass is 32.2. The van der Waals surface area contributed by atoms with Gasteiger partial charge in [-0.2, -0.15) is 4.98 Å². The van der Waals surface area contributed by atoms with Crippen LogP contribution in [0.4, 0.5) is 4.39 Å². The van der Waals surface area contributed by atoms with Gasteiger partial charge in [-0.3, -0.25) is 4.57 Å². The Morgan fingerprint density at radius 3 is 2.60 bits per heavy atom. The SMILES string of the molecule is COc1ccc(-c2noc(CSc3nnc(-c4ccc(F)cc4)n3C[C@H]3CCCO3)n2)cc1OC. The molecule has 5 rings (SSSR count). The number of halogens is 1. The highest BCUT2D eigenvalue weighted by Crippen LogP contribution is 2.32. The molecule has 1 aliphatic rings. The molecular formula is C24H24FN5O4S. The molecule has 9 nitrogen and oxygen atoms in total. The highest BCUT2D eigenvalue weighted by molar-refractivity contribution is 7.98. The highest BCUT2D eigenvalue weighted by Gasteiger charge is 2.22. The van der Waals surface area contributed by atoms with Crippen molar-refractivity contribution in [2.24, 2.45) is 0 Å². The van der Waals surface area contributed by atoms with Gasteiger partial charge in [-0.15, -0.1) is 10.2 Å². The molecule has 1 saturated heterocycles. The summed E-state index contributed by atoms with van der Waals surface area (Å²) in [5.41, 5.74) is 1.54. The smallest absolute Gasteiger partial charge is 0.237 e. The summed E-state index contributed by atoms with van der Waals surface area (Å²) in [5, 5.41) is 13.6. The van der Waals surface area contributed by atoms with Gasteiger partial charge in [0, 0.05) is 17.7 Å². The molecule has 1 aliphatic heterocycles. The maximum Gasteiger partial charge on any atom is 0.237 e. The minimum absolute atomic E-state index is 0.0876. The Kier molecular flexibility index (Phi) is 6.96. The van der Waals surface area contributed by atoms with E-state index < -0.39 is 0 Å². The van der Waals surface area contributed by atoms with Crippen LogP contribution in [-0.4, -0.2) is 51.8 Å². The van der Waals surface area contributed by atoms with Crippen LogP contribution in [0.2, 0.25) is 0 Å². The Hall–Kier alpha value is -3.44. The van der Waals surface area contributed by atoms with Gasteiger partial charge >= 0.3 is 0 Å². The second kappa shape index (κ2) is 10.4. The number of aromatic nitrogens is 5. The van der Waals surface area contributed by atoms with Crippen LogP contribution in [0.25, 0.3) is 22.8 Å². The summed E-state index contributed by atoms with van der Waals surface area (Å²) in [6.07, 6.45) is 2.09. The molecule has 0 spiro atoms. The van der Waals surface area contributed by atoms with E-state index in [1.165, 1.54) is 23.9 Å². The fraction of sp³-hybridized carbons (Fsp3) is 0.333. The monoisotopic (exact) mass is 497 g/mol. The van der Waals surface area contributed by atoms with Gasteiger partial charge in [0.05, 0.1) is 32.6 Å². The summed E-state index contributed by atoms with van der Waals surface area (Å²) in [6, 6.07) is 11.7. The van der Waals surface area contributed by atoms with Gasteiger partial charge in [0.1, 0.15) is 5.82 Å². The first-order chi connectivity index (χ1) is 17.1. The predicted molar refractivity (Wildman–Crippen MR) is 127 cm³/mol. The summed E-state index contributed by atoms with van der Waals surface area (Å²) in [4.78, 5) is 4.52. The fourth-order valence-corrected chi connectivity index (χ4v) is 4.68. The van der Waals surface area contributed by atoms with Crippen LogP contribution in [0.3, 0.4) is 0 Å². The molecule has 4 aromatic rings. The lowest BCUT2D eigenvalue weighted by atomic mass is 10.2. The second-order valence-electron chi connectivity index (χ2n) is 7.93. The van der Waals surface area contributed by atoms with Gasteiger partial charge in [0.15, 0.2) is 22.5 Å². The normalized spacial score (nSPS) is 15.5. The average Bonchev–Trinajstić information content (AvgIpc) is 3.65. The molecule has 182 valence electrons. The Balaban J connectivity index is 1.35. The quantitative estimate of drug-likeness (QED) is 0.307. The maximum atomic E-state index is 13.4. The van der Waals surface area contributed by atoms with Crippen LogP contribution < -0.4 is 9.47 Å². The van der Waals surface area contributed by atoms with Crippen molar-refractivity contribution in [3.8, 4) is 34.3 Å². The van der Waals surface area contributed by atoms with Gasteiger partial charge in [-0.05, 0) is 55.3 Å². The molecule has 0 bridgehead atoms. The van der Waals surface area contributed by atoms with E-state index in [9.17, 15) is 4.39 Å². The molecule has 0 unspecified atom stereocenters. The average molecular weight is 498 g/mol. The van der Waals surface area contributed by atoms with E-state index in [2.05, 4.69) is 20.3 Å². The summed E-state index contributed by atoms with van der Waals surface area (Å²) in [7, 11) is 3.16. The number of benzene rings is 2. The first kappa shape index (κ1) is 23.3. The zero-order valence-corrected chi connectivity index (χ0v) is 20.1. The van der Waals surface area contributed by atoms with Crippen molar-refractivity contribution in [3.63, 3.8) is 0 Å². The Labute approximate surface area is 205 Å². The van der Waals surface area contributed by atoms with E-state index >= 15 is 0 Å². The van der Waals surface area contributed by atoms with Crippen LogP contribution in [0, 0.1) is 5.82 Å². The fourth-order valence-electron chi connectivity index (χ4n) is 3.90. The summed E-state index contributed by atoms with van der Waals surface area (Å²) < 4.78 is 37.4. The first-order valence-electron chi connectivity index (χ1n) is 11.1. The van der Waals surface area contributed by atoms with Crippen LogP contribution in [0.15, 0.2) is 52.1 Å².